The van der Waals surface area contributed by atoms with Gasteiger partial charge in [-0.25, -0.2) is 0 Å². The molecule has 2 aromatic carbocycles. The lowest BCUT2D eigenvalue weighted by Crippen LogP contribution is -2.44. The van der Waals surface area contributed by atoms with Gasteiger partial charge in [-0.1, -0.05) is 23.7 Å². The summed E-state index contributed by atoms with van der Waals surface area (Å²) in [4.78, 5) is 14.7. The third-order valence-corrected chi connectivity index (χ3v) is 5.21. The van der Waals surface area contributed by atoms with E-state index in [0.717, 1.165) is 30.0 Å². The van der Waals surface area contributed by atoms with Crippen LogP contribution >= 0.6 is 11.6 Å². The molecule has 1 amide bonds. The van der Waals surface area contributed by atoms with Crippen LogP contribution in [0.15, 0.2) is 42.5 Å². The van der Waals surface area contributed by atoms with Gasteiger partial charge in [0.05, 0.1) is 26.4 Å². The van der Waals surface area contributed by atoms with Crippen LogP contribution < -0.4 is 14.8 Å². The van der Waals surface area contributed by atoms with Gasteiger partial charge >= 0.3 is 0 Å². The Labute approximate surface area is 176 Å². The SMILES string of the molecule is COc1ccc(C(CNC(=O)COc2ccc(Cl)cc2C)N2CCOCC2)cc1. The molecule has 0 radical (unpaired) electrons. The number of carbonyl (C=O) groups excluding carboxylic acids is 1. The molecule has 0 saturated carbocycles. The van der Waals surface area contributed by atoms with Crippen LogP contribution in [0.2, 0.25) is 5.02 Å². The van der Waals surface area contributed by atoms with Crippen LogP contribution in [0.4, 0.5) is 0 Å². The Kier molecular flexibility index (Phi) is 7.75. The summed E-state index contributed by atoms with van der Waals surface area (Å²) in [5, 5.41) is 3.65. The first-order chi connectivity index (χ1) is 14.1. The zero-order valence-corrected chi connectivity index (χ0v) is 17.6. The standard InChI is InChI=1S/C22H27ClN2O4/c1-16-13-18(23)5-8-21(16)29-15-22(26)24-14-20(25-9-11-28-12-10-25)17-3-6-19(27-2)7-4-17/h3-8,13,20H,9-12,14-15H2,1-2H3,(H,24,26). The van der Waals surface area contributed by atoms with Gasteiger partial charge in [0.25, 0.3) is 5.91 Å². The number of carbonyl (C=O) groups is 1. The number of amides is 1. The minimum atomic E-state index is -0.161. The van der Waals surface area contributed by atoms with Gasteiger partial charge in [0.1, 0.15) is 11.5 Å². The Morgan fingerprint density at radius 3 is 2.59 bits per heavy atom. The predicted octanol–water partition coefficient (Wildman–Crippen LogP) is 3.23. The lowest BCUT2D eigenvalue weighted by atomic mass is 10.0. The zero-order valence-electron chi connectivity index (χ0n) is 16.8. The smallest absolute Gasteiger partial charge is 0.258 e. The zero-order chi connectivity index (χ0) is 20.6. The molecule has 156 valence electrons. The highest BCUT2D eigenvalue weighted by molar-refractivity contribution is 6.30. The van der Waals surface area contributed by atoms with Crippen LogP contribution in [0.25, 0.3) is 0 Å². The van der Waals surface area contributed by atoms with E-state index in [1.165, 1.54) is 0 Å². The van der Waals surface area contributed by atoms with Crippen LogP contribution in [0.1, 0.15) is 17.2 Å². The summed E-state index contributed by atoms with van der Waals surface area (Å²) in [6.07, 6.45) is 0. The first-order valence-corrected chi connectivity index (χ1v) is 10.1. The fourth-order valence-electron chi connectivity index (χ4n) is 3.35. The summed E-state index contributed by atoms with van der Waals surface area (Å²) in [7, 11) is 1.65. The molecule has 0 bridgehead atoms. The van der Waals surface area contributed by atoms with Crippen LogP contribution in [-0.2, 0) is 9.53 Å². The summed E-state index contributed by atoms with van der Waals surface area (Å²) in [5.41, 5.74) is 2.03. The molecule has 29 heavy (non-hydrogen) atoms. The number of nitrogens with one attached hydrogen (secondary N) is 1. The van der Waals surface area contributed by atoms with E-state index in [4.69, 9.17) is 25.8 Å². The van der Waals surface area contributed by atoms with Crippen LogP contribution in [0, 0.1) is 6.92 Å². The van der Waals surface area contributed by atoms with Gasteiger partial charge < -0.3 is 19.5 Å². The van der Waals surface area contributed by atoms with E-state index in [9.17, 15) is 4.79 Å². The Morgan fingerprint density at radius 1 is 1.21 bits per heavy atom. The van der Waals surface area contributed by atoms with Crippen LogP contribution in [0.5, 0.6) is 11.5 Å². The van der Waals surface area contributed by atoms with Gasteiger partial charge in [-0.2, -0.15) is 0 Å². The van der Waals surface area contributed by atoms with E-state index in [1.54, 1.807) is 19.2 Å². The number of hydrogen-bond donors (Lipinski definition) is 1. The van der Waals surface area contributed by atoms with Gasteiger partial charge in [0.15, 0.2) is 6.61 Å². The van der Waals surface area contributed by atoms with Gasteiger partial charge in [-0.15, -0.1) is 0 Å². The van der Waals surface area contributed by atoms with Crippen molar-refractivity contribution >= 4 is 17.5 Å². The molecule has 0 spiro atoms. The monoisotopic (exact) mass is 418 g/mol. The molecule has 7 heteroatoms. The molecule has 1 N–H and O–H groups in total. The molecule has 3 rings (SSSR count). The van der Waals surface area contributed by atoms with Crippen molar-refractivity contribution in [3.05, 3.63) is 58.6 Å². The summed E-state index contributed by atoms with van der Waals surface area (Å²) in [6, 6.07) is 13.4. The Hall–Kier alpha value is -2.28. The Balaban J connectivity index is 1.60. The number of morpholine rings is 1. The fraction of sp³-hybridized carbons (Fsp3) is 0.409. The highest BCUT2D eigenvalue weighted by atomic mass is 35.5. The number of methoxy groups -OCH3 is 1. The number of hydrogen-bond acceptors (Lipinski definition) is 5. The molecule has 0 aliphatic carbocycles. The van der Waals surface area contributed by atoms with Crippen molar-refractivity contribution in [2.75, 3.05) is 46.6 Å². The van der Waals surface area contributed by atoms with Gasteiger partial charge in [0, 0.05) is 24.7 Å². The summed E-state index contributed by atoms with van der Waals surface area (Å²) >= 11 is 5.96. The summed E-state index contributed by atoms with van der Waals surface area (Å²) < 4.78 is 16.4. The molecule has 0 aromatic heterocycles. The van der Waals surface area contributed by atoms with Crippen molar-refractivity contribution in [1.29, 1.82) is 0 Å². The van der Waals surface area contributed by atoms with Crippen molar-refractivity contribution < 1.29 is 19.0 Å². The van der Waals surface area contributed by atoms with E-state index in [-0.39, 0.29) is 18.6 Å². The Bertz CT molecular complexity index is 807. The lowest BCUT2D eigenvalue weighted by molar-refractivity contribution is -0.123. The molecular formula is C22H27ClN2O4. The number of benzene rings is 2. The number of halogens is 1. The third kappa shape index (κ3) is 6.10. The molecule has 6 nitrogen and oxygen atoms in total. The molecule has 1 aliphatic heterocycles. The fourth-order valence-corrected chi connectivity index (χ4v) is 3.58. The van der Waals surface area contributed by atoms with E-state index < -0.39 is 0 Å². The predicted molar refractivity (Wildman–Crippen MR) is 113 cm³/mol. The van der Waals surface area contributed by atoms with Crippen molar-refractivity contribution in [3.8, 4) is 11.5 Å². The summed E-state index contributed by atoms with van der Waals surface area (Å²) in [6.45, 7) is 5.39. The minimum absolute atomic E-state index is 0.0408. The first kappa shape index (κ1) is 21.4. The van der Waals surface area contributed by atoms with E-state index in [2.05, 4.69) is 10.2 Å². The molecule has 1 aliphatic rings. The van der Waals surface area contributed by atoms with Crippen molar-refractivity contribution in [3.63, 3.8) is 0 Å². The van der Waals surface area contributed by atoms with E-state index >= 15 is 0 Å². The highest BCUT2D eigenvalue weighted by Crippen LogP contribution is 2.24. The maximum Gasteiger partial charge on any atom is 0.258 e. The summed E-state index contributed by atoms with van der Waals surface area (Å²) in [5.74, 6) is 1.31. The maximum atomic E-state index is 12.4. The first-order valence-electron chi connectivity index (χ1n) is 9.68. The quantitative estimate of drug-likeness (QED) is 0.713. The Morgan fingerprint density at radius 2 is 1.93 bits per heavy atom. The molecule has 1 unspecified atom stereocenters. The third-order valence-electron chi connectivity index (χ3n) is 4.98. The van der Waals surface area contributed by atoms with Gasteiger partial charge in [-0.3, -0.25) is 9.69 Å². The number of ether oxygens (including phenoxy) is 3. The van der Waals surface area contributed by atoms with E-state index in [1.807, 2.05) is 37.3 Å². The van der Waals surface area contributed by atoms with Crippen molar-refractivity contribution in [2.24, 2.45) is 0 Å². The second-order valence-corrected chi connectivity index (χ2v) is 7.38. The topological polar surface area (TPSA) is 60.0 Å². The lowest BCUT2D eigenvalue weighted by Gasteiger charge is -2.35. The highest BCUT2D eigenvalue weighted by Gasteiger charge is 2.23. The second kappa shape index (κ2) is 10.5. The second-order valence-electron chi connectivity index (χ2n) is 6.94. The molecule has 1 saturated heterocycles. The maximum absolute atomic E-state index is 12.4. The molecule has 2 aromatic rings. The average Bonchev–Trinajstić information content (AvgIpc) is 2.74. The van der Waals surface area contributed by atoms with E-state index in [0.29, 0.717) is 30.5 Å². The molecule has 1 fully saturated rings. The number of nitrogens with zero attached hydrogens (tertiary/aromatic N) is 1. The normalized spacial score (nSPS) is 15.6. The average molecular weight is 419 g/mol. The molecule has 1 atom stereocenters. The van der Waals surface area contributed by atoms with Crippen LogP contribution in [-0.4, -0.2) is 57.4 Å². The van der Waals surface area contributed by atoms with Crippen molar-refractivity contribution in [1.82, 2.24) is 10.2 Å². The molecular weight excluding hydrogens is 392 g/mol. The van der Waals surface area contributed by atoms with Crippen molar-refractivity contribution in [2.45, 2.75) is 13.0 Å². The largest absolute Gasteiger partial charge is 0.497 e. The number of aryl methyl sites for hydroxylation is 1. The van der Waals surface area contributed by atoms with Gasteiger partial charge in [0.2, 0.25) is 0 Å². The van der Waals surface area contributed by atoms with Crippen LogP contribution in [0.3, 0.4) is 0 Å². The number of rotatable bonds is 8. The minimum Gasteiger partial charge on any atom is -0.497 e. The van der Waals surface area contributed by atoms with Gasteiger partial charge in [-0.05, 0) is 48.4 Å². The molecule has 1 heterocycles.